The molecule has 3 nitrogen and oxygen atoms in total. The zero-order chi connectivity index (χ0) is 14.9. The van der Waals surface area contributed by atoms with Gasteiger partial charge in [0.25, 0.3) is 0 Å². The van der Waals surface area contributed by atoms with Crippen LogP contribution in [0.15, 0.2) is 18.3 Å². The molecular weight excluding hydrogens is 267 g/mol. The molecule has 0 saturated carbocycles. The van der Waals surface area contributed by atoms with E-state index in [0.29, 0.717) is 11.7 Å². The number of pyridine rings is 1. The van der Waals surface area contributed by atoms with Crippen LogP contribution in [0.1, 0.15) is 19.4 Å². The van der Waals surface area contributed by atoms with Gasteiger partial charge in [0, 0.05) is 31.9 Å². The van der Waals surface area contributed by atoms with E-state index in [9.17, 15) is 13.2 Å². The lowest BCUT2D eigenvalue weighted by atomic mass is 9.99. The summed E-state index contributed by atoms with van der Waals surface area (Å²) in [6.07, 6.45) is -3.41. The van der Waals surface area contributed by atoms with E-state index < -0.39 is 11.7 Å². The van der Waals surface area contributed by atoms with E-state index in [2.05, 4.69) is 35.7 Å². The number of likely N-dealkylation sites (N-methyl/N-ethyl adjacent to an activating group) is 1. The molecule has 112 valence electrons. The summed E-state index contributed by atoms with van der Waals surface area (Å²) in [7, 11) is 2.06. The second-order valence-electron chi connectivity index (χ2n) is 5.67. The quantitative estimate of drug-likeness (QED) is 0.834. The summed E-state index contributed by atoms with van der Waals surface area (Å²) in [6, 6.07) is 2.86. The van der Waals surface area contributed by atoms with Crippen molar-refractivity contribution >= 4 is 5.82 Å². The summed E-state index contributed by atoms with van der Waals surface area (Å²) in [5.41, 5.74) is -0.698. The number of aromatic nitrogens is 1. The minimum atomic E-state index is -4.33. The first-order valence-electron chi connectivity index (χ1n) is 6.77. The predicted molar refractivity (Wildman–Crippen MR) is 72.7 cm³/mol. The number of alkyl halides is 3. The molecule has 1 saturated heterocycles. The van der Waals surface area contributed by atoms with Crippen LogP contribution in [-0.4, -0.2) is 42.6 Å². The fraction of sp³-hybridized carbons (Fsp3) is 0.643. The van der Waals surface area contributed by atoms with Crippen molar-refractivity contribution in [2.75, 3.05) is 31.6 Å². The van der Waals surface area contributed by atoms with Crippen LogP contribution >= 0.6 is 0 Å². The van der Waals surface area contributed by atoms with Gasteiger partial charge in [-0.05, 0) is 25.1 Å². The third-order valence-corrected chi connectivity index (χ3v) is 3.76. The molecule has 6 heteroatoms. The van der Waals surface area contributed by atoms with Gasteiger partial charge in [-0.3, -0.25) is 0 Å². The van der Waals surface area contributed by atoms with Gasteiger partial charge in [-0.15, -0.1) is 0 Å². The zero-order valence-electron chi connectivity index (χ0n) is 12.0. The van der Waals surface area contributed by atoms with E-state index in [1.54, 1.807) is 0 Å². The van der Waals surface area contributed by atoms with Crippen molar-refractivity contribution in [1.82, 2.24) is 9.88 Å². The molecule has 2 rings (SSSR count). The molecule has 1 aliphatic heterocycles. The van der Waals surface area contributed by atoms with Gasteiger partial charge in [-0.1, -0.05) is 13.8 Å². The SMILES string of the molecule is CC(C)[C@@H]1CN(C)CCN1c1ccc(C(F)(F)F)cn1. The van der Waals surface area contributed by atoms with Gasteiger partial charge in [-0.25, -0.2) is 4.98 Å². The molecule has 1 aliphatic rings. The maximum Gasteiger partial charge on any atom is 0.417 e. The third kappa shape index (κ3) is 3.23. The van der Waals surface area contributed by atoms with E-state index >= 15 is 0 Å². The van der Waals surface area contributed by atoms with Crippen LogP contribution in [0.5, 0.6) is 0 Å². The van der Waals surface area contributed by atoms with Gasteiger partial charge in [0.05, 0.1) is 5.56 Å². The molecule has 0 radical (unpaired) electrons. The third-order valence-electron chi connectivity index (χ3n) is 3.76. The Morgan fingerprint density at radius 1 is 1.25 bits per heavy atom. The van der Waals surface area contributed by atoms with Crippen molar-refractivity contribution in [3.05, 3.63) is 23.9 Å². The smallest absolute Gasteiger partial charge is 0.351 e. The Hall–Kier alpha value is -1.30. The van der Waals surface area contributed by atoms with Crippen molar-refractivity contribution in [1.29, 1.82) is 0 Å². The average Bonchev–Trinajstić information content (AvgIpc) is 2.37. The van der Waals surface area contributed by atoms with Crippen LogP contribution in [0.3, 0.4) is 0 Å². The average molecular weight is 287 g/mol. The van der Waals surface area contributed by atoms with Crippen LogP contribution < -0.4 is 4.90 Å². The molecule has 20 heavy (non-hydrogen) atoms. The topological polar surface area (TPSA) is 19.4 Å². The fourth-order valence-electron chi connectivity index (χ4n) is 2.53. The van der Waals surface area contributed by atoms with Crippen molar-refractivity contribution < 1.29 is 13.2 Å². The van der Waals surface area contributed by atoms with Crippen LogP contribution in [0.4, 0.5) is 19.0 Å². The molecule has 0 bridgehead atoms. The summed E-state index contributed by atoms with van der Waals surface area (Å²) < 4.78 is 37.7. The van der Waals surface area contributed by atoms with E-state index in [-0.39, 0.29) is 6.04 Å². The number of nitrogens with zero attached hydrogens (tertiary/aromatic N) is 3. The normalized spacial score (nSPS) is 21.6. The lowest BCUT2D eigenvalue weighted by Gasteiger charge is -2.43. The lowest BCUT2D eigenvalue weighted by molar-refractivity contribution is -0.137. The van der Waals surface area contributed by atoms with Gasteiger partial charge in [0.15, 0.2) is 0 Å². The molecule has 0 aliphatic carbocycles. The van der Waals surface area contributed by atoms with Crippen molar-refractivity contribution in [3.63, 3.8) is 0 Å². The molecule has 1 fully saturated rings. The first-order valence-corrected chi connectivity index (χ1v) is 6.77. The minimum absolute atomic E-state index is 0.276. The monoisotopic (exact) mass is 287 g/mol. The molecular formula is C14H20F3N3. The number of hydrogen-bond donors (Lipinski definition) is 0. The molecule has 0 aromatic carbocycles. The Morgan fingerprint density at radius 2 is 1.95 bits per heavy atom. The van der Waals surface area contributed by atoms with Gasteiger partial charge in [0.2, 0.25) is 0 Å². The molecule has 0 unspecified atom stereocenters. The van der Waals surface area contributed by atoms with E-state index in [1.807, 2.05) is 0 Å². The van der Waals surface area contributed by atoms with E-state index in [1.165, 1.54) is 6.07 Å². The van der Waals surface area contributed by atoms with Gasteiger partial charge < -0.3 is 9.80 Å². The Morgan fingerprint density at radius 3 is 2.45 bits per heavy atom. The first-order chi connectivity index (χ1) is 9.29. The Labute approximate surface area is 117 Å². The van der Waals surface area contributed by atoms with Crippen molar-refractivity contribution in [2.45, 2.75) is 26.1 Å². The zero-order valence-corrected chi connectivity index (χ0v) is 12.0. The molecule has 0 spiro atoms. The minimum Gasteiger partial charge on any atom is -0.351 e. The largest absolute Gasteiger partial charge is 0.417 e. The molecule has 0 N–H and O–H groups in total. The molecule has 1 aromatic rings. The first kappa shape index (κ1) is 15.1. The highest BCUT2D eigenvalue weighted by atomic mass is 19.4. The van der Waals surface area contributed by atoms with Crippen LogP contribution in [0.2, 0.25) is 0 Å². The maximum absolute atomic E-state index is 12.6. The predicted octanol–water partition coefficient (Wildman–Crippen LogP) is 2.88. The number of halogens is 3. The standard InChI is InChI=1S/C14H20F3N3/c1-10(2)12-9-19(3)6-7-20(12)13-5-4-11(8-18-13)14(15,16)17/h4-5,8,10,12H,6-7,9H2,1-3H3/t12-/m0/s1. The number of rotatable bonds is 2. The van der Waals surface area contributed by atoms with Crippen LogP contribution in [0, 0.1) is 5.92 Å². The second kappa shape index (κ2) is 5.60. The maximum atomic E-state index is 12.6. The second-order valence-corrected chi connectivity index (χ2v) is 5.67. The number of hydrogen-bond acceptors (Lipinski definition) is 3. The lowest BCUT2D eigenvalue weighted by Crippen LogP contribution is -2.54. The highest BCUT2D eigenvalue weighted by molar-refractivity contribution is 5.42. The summed E-state index contributed by atoms with van der Waals surface area (Å²) in [4.78, 5) is 8.37. The summed E-state index contributed by atoms with van der Waals surface area (Å²) in [5, 5.41) is 0. The molecule has 0 amide bonds. The molecule has 1 aromatic heterocycles. The van der Waals surface area contributed by atoms with Gasteiger partial charge >= 0.3 is 6.18 Å². The van der Waals surface area contributed by atoms with Crippen LogP contribution in [-0.2, 0) is 6.18 Å². The van der Waals surface area contributed by atoms with Gasteiger partial charge in [0.1, 0.15) is 5.82 Å². The highest BCUT2D eigenvalue weighted by Gasteiger charge is 2.32. The van der Waals surface area contributed by atoms with E-state index in [0.717, 1.165) is 31.9 Å². The van der Waals surface area contributed by atoms with Gasteiger partial charge in [-0.2, -0.15) is 13.2 Å². The molecule has 2 heterocycles. The Kier molecular flexibility index (Phi) is 4.22. The van der Waals surface area contributed by atoms with Crippen molar-refractivity contribution in [2.24, 2.45) is 5.92 Å². The molecule has 1 atom stereocenters. The Balaban J connectivity index is 2.21. The number of piperazine rings is 1. The Bertz CT molecular complexity index is 442. The highest BCUT2D eigenvalue weighted by Crippen LogP contribution is 2.30. The summed E-state index contributed by atoms with van der Waals surface area (Å²) >= 11 is 0. The number of anilines is 1. The van der Waals surface area contributed by atoms with Crippen molar-refractivity contribution in [3.8, 4) is 0 Å². The van der Waals surface area contributed by atoms with Crippen LogP contribution in [0.25, 0.3) is 0 Å². The summed E-state index contributed by atoms with van der Waals surface area (Å²) in [5.74, 6) is 1.05. The fourth-order valence-corrected chi connectivity index (χ4v) is 2.53. The summed E-state index contributed by atoms with van der Waals surface area (Å²) in [6.45, 7) is 6.84. The van der Waals surface area contributed by atoms with E-state index in [4.69, 9.17) is 0 Å².